The summed E-state index contributed by atoms with van der Waals surface area (Å²) in [7, 11) is 0. The van der Waals surface area contributed by atoms with Gasteiger partial charge in [0.05, 0.1) is 30.0 Å². The van der Waals surface area contributed by atoms with Crippen LogP contribution < -0.4 is 5.32 Å². The number of hydrogen-bond donors (Lipinski definition) is 1. The summed E-state index contributed by atoms with van der Waals surface area (Å²) in [4.78, 5) is 5.48. The monoisotopic (exact) mass is 347 g/mol. The Hall–Kier alpha value is -1.81. The molecule has 4 nitrogen and oxygen atoms in total. The first-order valence-corrected chi connectivity index (χ1v) is 8.89. The third-order valence-corrected chi connectivity index (χ3v) is 4.69. The van der Waals surface area contributed by atoms with Crippen LogP contribution in [0.3, 0.4) is 0 Å². The quantitative estimate of drug-likeness (QED) is 0.661. The highest BCUT2D eigenvalue weighted by atomic mass is 32.1. The van der Waals surface area contributed by atoms with E-state index in [0.717, 1.165) is 30.8 Å². The Morgan fingerprint density at radius 1 is 1.33 bits per heavy atom. The van der Waals surface area contributed by atoms with Gasteiger partial charge in [0.2, 0.25) is 0 Å². The number of halogens is 1. The minimum absolute atomic E-state index is 0.0183. The van der Waals surface area contributed by atoms with Gasteiger partial charge in [-0.1, -0.05) is 12.1 Å². The van der Waals surface area contributed by atoms with Gasteiger partial charge in [0, 0.05) is 17.8 Å². The highest BCUT2D eigenvalue weighted by Gasteiger charge is 2.10. The smallest absolute Gasteiger partial charge is 0.123 e. The Kier molecular flexibility index (Phi) is 7.83. The molecule has 0 fully saturated rings. The van der Waals surface area contributed by atoms with E-state index in [2.05, 4.69) is 16.4 Å². The SMILES string of the molecule is Cc1ncsc1CNCCC(CCC#N)OCc1ccc(F)cc1. The van der Waals surface area contributed by atoms with E-state index in [0.29, 0.717) is 19.4 Å². The summed E-state index contributed by atoms with van der Waals surface area (Å²) in [5, 5.41) is 12.2. The molecule has 6 heteroatoms. The van der Waals surface area contributed by atoms with Crippen molar-refractivity contribution in [3.05, 3.63) is 51.7 Å². The van der Waals surface area contributed by atoms with Gasteiger partial charge < -0.3 is 10.1 Å². The average Bonchev–Trinajstić information content (AvgIpc) is 3.00. The molecule has 0 aliphatic carbocycles. The van der Waals surface area contributed by atoms with Crippen LogP contribution in [0, 0.1) is 24.1 Å². The van der Waals surface area contributed by atoms with Crippen molar-refractivity contribution in [2.24, 2.45) is 0 Å². The summed E-state index contributed by atoms with van der Waals surface area (Å²) >= 11 is 1.65. The molecule has 1 N–H and O–H groups in total. The molecular formula is C18H22FN3OS. The highest BCUT2D eigenvalue weighted by Crippen LogP contribution is 2.13. The van der Waals surface area contributed by atoms with Crippen LogP contribution in [-0.4, -0.2) is 17.6 Å². The number of thiazole rings is 1. The fourth-order valence-electron chi connectivity index (χ4n) is 2.29. The van der Waals surface area contributed by atoms with E-state index in [9.17, 15) is 4.39 Å². The van der Waals surface area contributed by atoms with Crippen molar-refractivity contribution >= 4 is 11.3 Å². The summed E-state index contributed by atoms with van der Waals surface area (Å²) in [5.41, 5.74) is 3.86. The number of aryl methyl sites for hydroxylation is 1. The van der Waals surface area contributed by atoms with Gasteiger partial charge in [-0.05, 0) is 44.0 Å². The normalized spacial score (nSPS) is 12.0. The minimum atomic E-state index is -0.248. The fraction of sp³-hybridized carbons (Fsp3) is 0.444. The summed E-state index contributed by atoms with van der Waals surface area (Å²) in [6.45, 7) is 4.07. The maximum absolute atomic E-state index is 12.9. The van der Waals surface area contributed by atoms with E-state index < -0.39 is 0 Å². The van der Waals surface area contributed by atoms with Crippen LogP contribution in [0.1, 0.15) is 35.4 Å². The molecule has 2 aromatic rings. The number of rotatable bonds is 10. The number of ether oxygens (including phenoxy) is 1. The second kappa shape index (κ2) is 10.1. The van der Waals surface area contributed by atoms with Gasteiger partial charge in [0.25, 0.3) is 0 Å². The lowest BCUT2D eigenvalue weighted by atomic mass is 10.1. The van der Waals surface area contributed by atoms with Gasteiger partial charge >= 0.3 is 0 Å². The standard InChI is InChI=1S/C18H22FN3OS/c1-14-18(24-13-22-14)11-21-10-8-17(3-2-9-20)23-12-15-4-6-16(19)7-5-15/h4-7,13,17,21H,2-3,8,10-12H2,1H3. The molecule has 0 bridgehead atoms. The molecule has 2 rings (SSSR count). The molecule has 0 aliphatic rings. The van der Waals surface area contributed by atoms with Gasteiger partial charge in [0.15, 0.2) is 0 Å². The summed E-state index contributed by atoms with van der Waals surface area (Å²) in [6, 6.07) is 8.48. The third kappa shape index (κ3) is 6.36. The number of nitriles is 1. The van der Waals surface area contributed by atoms with E-state index in [1.165, 1.54) is 17.0 Å². The van der Waals surface area contributed by atoms with Crippen molar-refractivity contribution in [3.63, 3.8) is 0 Å². The molecule has 0 amide bonds. The van der Waals surface area contributed by atoms with E-state index in [4.69, 9.17) is 10.00 Å². The molecule has 0 saturated heterocycles. The van der Waals surface area contributed by atoms with Crippen molar-refractivity contribution in [2.75, 3.05) is 6.54 Å². The Morgan fingerprint density at radius 2 is 2.12 bits per heavy atom. The van der Waals surface area contributed by atoms with Crippen molar-refractivity contribution in [1.29, 1.82) is 5.26 Å². The molecule has 0 aliphatic heterocycles. The van der Waals surface area contributed by atoms with E-state index in [1.54, 1.807) is 23.5 Å². The van der Waals surface area contributed by atoms with E-state index in [-0.39, 0.29) is 11.9 Å². The molecule has 1 aromatic heterocycles. The fourth-order valence-corrected chi connectivity index (χ4v) is 3.04. The summed E-state index contributed by atoms with van der Waals surface area (Å²) in [6.07, 6.45) is 2.03. The predicted molar refractivity (Wildman–Crippen MR) is 93.0 cm³/mol. The maximum atomic E-state index is 12.9. The van der Waals surface area contributed by atoms with Crippen LogP contribution in [0.15, 0.2) is 29.8 Å². The first-order valence-electron chi connectivity index (χ1n) is 8.01. The highest BCUT2D eigenvalue weighted by molar-refractivity contribution is 7.09. The molecular weight excluding hydrogens is 325 g/mol. The van der Waals surface area contributed by atoms with Gasteiger partial charge in [0.1, 0.15) is 5.82 Å². The molecule has 1 unspecified atom stereocenters. The van der Waals surface area contributed by atoms with Crippen molar-refractivity contribution < 1.29 is 9.13 Å². The Labute approximate surface area is 146 Å². The second-order valence-corrected chi connectivity index (χ2v) is 6.52. The second-order valence-electron chi connectivity index (χ2n) is 5.58. The van der Waals surface area contributed by atoms with E-state index in [1.807, 2.05) is 12.4 Å². The van der Waals surface area contributed by atoms with Crippen LogP contribution in [0.25, 0.3) is 0 Å². The van der Waals surface area contributed by atoms with Crippen molar-refractivity contribution in [1.82, 2.24) is 10.3 Å². The van der Waals surface area contributed by atoms with Crippen molar-refractivity contribution in [2.45, 2.75) is 45.4 Å². The zero-order valence-electron chi connectivity index (χ0n) is 13.8. The number of benzene rings is 1. The van der Waals surface area contributed by atoms with Gasteiger partial charge in [-0.15, -0.1) is 11.3 Å². The Bertz CT molecular complexity index is 651. The summed E-state index contributed by atoms with van der Waals surface area (Å²) in [5.74, 6) is -0.248. The summed E-state index contributed by atoms with van der Waals surface area (Å²) < 4.78 is 18.8. The van der Waals surface area contributed by atoms with Crippen LogP contribution in [0.5, 0.6) is 0 Å². The van der Waals surface area contributed by atoms with Gasteiger partial charge in [-0.25, -0.2) is 9.37 Å². The third-order valence-electron chi connectivity index (χ3n) is 3.75. The predicted octanol–water partition coefficient (Wildman–Crippen LogP) is 3.96. The number of aromatic nitrogens is 1. The molecule has 1 heterocycles. The van der Waals surface area contributed by atoms with Crippen LogP contribution in [0.4, 0.5) is 4.39 Å². The molecule has 1 atom stereocenters. The maximum Gasteiger partial charge on any atom is 0.123 e. The molecule has 0 saturated carbocycles. The van der Waals surface area contributed by atoms with Crippen LogP contribution in [-0.2, 0) is 17.9 Å². The first-order chi connectivity index (χ1) is 11.7. The topological polar surface area (TPSA) is 57.9 Å². The minimum Gasteiger partial charge on any atom is -0.373 e. The molecule has 0 spiro atoms. The number of nitrogens with one attached hydrogen (secondary N) is 1. The lowest BCUT2D eigenvalue weighted by Gasteiger charge is -2.17. The van der Waals surface area contributed by atoms with E-state index >= 15 is 0 Å². The Balaban J connectivity index is 1.74. The van der Waals surface area contributed by atoms with Gasteiger partial charge in [-0.2, -0.15) is 5.26 Å². The lowest BCUT2D eigenvalue weighted by Crippen LogP contribution is -2.22. The Morgan fingerprint density at radius 3 is 2.79 bits per heavy atom. The zero-order valence-corrected chi connectivity index (χ0v) is 14.6. The average molecular weight is 347 g/mol. The lowest BCUT2D eigenvalue weighted by molar-refractivity contribution is 0.0305. The van der Waals surface area contributed by atoms with Crippen LogP contribution in [0.2, 0.25) is 0 Å². The number of nitrogens with zero attached hydrogens (tertiary/aromatic N) is 2. The largest absolute Gasteiger partial charge is 0.373 e. The van der Waals surface area contributed by atoms with Crippen molar-refractivity contribution in [3.8, 4) is 6.07 Å². The number of hydrogen-bond acceptors (Lipinski definition) is 5. The molecule has 1 aromatic carbocycles. The van der Waals surface area contributed by atoms with Crippen LogP contribution >= 0.6 is 11.3 Å². The van der Waals surface area contributed by atoms with Gasteiger partial charge in [-0.3, -0.25) is 0 Å². The first kappa shape index (κ1) is 18.5. The molecule has 0 radical (unpaired) electrons. The molecule has 24 heavy (non-hydrogen) atoms. The zero-order chi connectivity index (χ0) is 17.2. The molecule has 128 valence electrons.